The highest BCUT2D eigenvalue weighted by Crippen LogP contribution is 2.26. The Morgan fingerprint density at radius 1 is 1.33 bits per heavy atom. The van der Waals surface area contributed by atoms with Gasteiger partial charge >= 0.3 is 0 Å². The average molecular weight is 292 g/mol. The molecular formula is C16H21FN2O2. The lowest BCUT2D eigenvalue weighted by molar-refractivity contribution is -0.123. The van der Waals surface area contributed by atoms with E-state index in [2.05, 4.69) is 5.32 Å². The van der Waals surface area contributed by atoms with Gasteiger partial charge in [0.15, 0.2) is 0 Å². The Kier molecular flexibility index (Phi) is 4.94. The van der Waals surface area contributed by atoms with Gasteiger partial charge in [-0.15, -0.1) is 0 Å². The maximum atomic E-state index is 12.9. The summed E-state index contributed by atoms with van der Waals surface area (Å²) in [7, 11) is 0. The molecule has 0 heterocycles. The summed E-state index contributed by atoms with van der Waals surface area (Å²) in [4.78, 5) is 23.1. The number of hydrogen-bond acceptors (Lipinski definition) is 2. The summed E-state index contributed by atoms with van der Waals surface area (Å²) in [5.41, 5.74) is 6.22. The summed E-state index contributed by atoms with van der Waals surface area (Å²) in [5.74, 6) is -0.698. The number of rotatable bonds is 5. The third-order valence-electron chi connectivity index (χ3n) is 4.13. The lowest BCUT2D eigenvalue weighted by Crippen LogP contribution is -2.34. The molecule has 0 bridgehead atoms. The number of nitrogens with one attached hydrogen (secondary N) is 1. The van der Waals surface area contributed by atoms with Gasteiger partial charge < -0.3 is 11.1 Å². The minimum atomic E-state index is -0.286. The minimum Gasteiger partial charge on any atom is -0.369 e. The van der Waals surface area contributed by atoms with E-state index in [1.165, 1.54) is 12.1 Å². The van der Waals surface area contributed by atoms with Crippen LogP contribution in [0, 0.1) is 11.7 Å². The number of nitrogens with two attached hydrogens (primary N) is 1. The van der Waals surface area contributed by atoms with Gasteiger partial charge in [-0.05, 0) is 42.9 Å². The molecule has 1 aliphatic rings. The number of carbonyl (C=O) groups excluding carboxylic acids is 2. The molecule has 0 aromatic heterocycles. The van der Waals surface area contributed by atoms with Crippen molar-refractivity contribution in [3.63, 3.8) is 0 Å². The van der Waals surface area contributed by atoms with Gasteiger partial charge in [-0.25, -0.2) is 4.39 Å². The molecule has 1 saturated carbocycles. The predicted molar refractivity (Wildman–Crippen MR) is 77.9 cm³/mol. The normalized spacial score (nSPS) is 22.8. The largest absolute Gasteiger partial charge is 0.369 e. The lowest BCUT2D eigenvalue weighted by atomic mass is 9.97. The highest BCUT2D eigenvalue weighted by atomic mass is 19.1. The molecular weight excluding hydrogens is 271 g/mol. The van der Waals surface area contributed by atoms with Crippen molar-refractivity contribution in [3.8, 4) is 0 Å². The maximum absolute atomic E-state index is 12.9. The molecule has 3 atom stereocenters. The number of halogens is 1. The summed E-state index contributed by atoms with van der Waals surface area (Å²) in [6.45, 7) is 1.94. The molecule has 0 aliphatic heterocycles. The second kappa shape index (κ2) is 6.70. The van der Waals surface area contributed by atoms with Crippen LogP contribution in [0.1, 0.15) is 44.1 Å². The maximum Gasteiger partial charge on any atom is 0.220 e. The topological polar surface area (TPSA) is 72.2 Å². The highest BCUT2D eigenvalue weighted by molar-refractivity contribution is 5.79. The zero-order chi connectivity index (χ0) is 15.4. The van der Waals surface area contributed by atoms with Crippen LogP contribution in [-0.4, -0.2) is 17.9 Å². The first-order chi connectivity index (χ1) is 9.95. The van der Waals surface area contributed by atoms with E-state index in [9.17, 15) is 14.0 Å². The van der Waals surface area contributed by atoms with Crippen molar-refractivity contribution >= 4 is 11.8 Å². The van der Waals surface area contributed by atoms with Crippen LogP contribution in [0.15, 0.2) is 24.3 Å². The Labute approximate surface area is 123 Å². The van der Waals surface area contributed by atoms with Gasteiger partial charge in [0.25, 0.3) is 0 Å². The zero-order valence-electron chi connectivity index (χ0n) is 12.1. The fourth-order valence-electron chi connectivity index (χ4n) is 2.84. The number of hydrogen-bond donors (Lipinski definition) is 2. The Morgan fingerprint density at radius 3 is 2.57 bits per heavy atom. The van der Waals surface area contributed by atoms with Gasteiger partial charge in [0.2, 0.25) is 11.8 Å². The van der Waals surface area contributed by atoms with E-state index >= 15 is 0 Å². The number of benzene rings is 1. The third kappa shape index (κ3) is 4.28. The predicted octanol–water partition coefficient (Wildman–Crippen LogP) is 2.09. The first kappa shape index (κ1) is 15.5. The number of primary amides is 1. The van der Waals surface area contributed by atoms with Crippen molar-refractivity contribution in [1.82, 2.24) is 5.32 Å². The summed E-state index contributed by atoms with van der Waals surface area (Å²) in [5, 5.41) is 2.95. The second-order valence-electron chi connectivity index (χ2n) is 5.83. The molecule has 1 unspecified atom stereocenters. The van der Waals surface area contributed by atoms with Crippen molar-refractivity contribution in [3.05, 3.63) is 35.6 Å². The molecule has 21 heavy (non-hydrogen) atoms. The average Bonchev–Trinajstić information content (AvgIpc) is 2.87. The van der Waals surface area contributed by atoms with E-state index in [0.717, 1.165) is 18.4 Å². The van der Waals surface area contributed by atoms with Crippen LogP contribution in [0.4, 0.5) is 4.39 Å². The summed E-state index contributed by atoms with van der Waals surface area (Å²) in [6, 6.07) is 6.24. The Bertz CT molecular complexity index is 516. The summed E-state index contributed by atoms with van der Waals surface area (Å²) < 4.78 is 12.9. The molecule has 1 fully saturated rings. The minimum absolute atomic E-state index is 0.0268. The molecule has 4 nitrogen and oxygen atoms in total. The van der Waals surface area contributed by atoms with E-state index < -0.39 is 0 Å². The zero-order valence-corrected chi connectivity index (χ0v) is 12.1. The second-order valence-corrected chi connectivity index (χ2v) is 5.83. The molecule has 2 amide bonds. The molecule has 0 saturated heterocycles. The molecule has 1 aromatic carbocycles. The van der Waals surface area contributed by atoms with E-state index in [1.807, 2.05) is 6.92 Å². The van der Waals surface area contributed by atoms with Crippen molar-refractivity contribution in [2.75, 3.05) is 0 Å². The molecule has 3 N–H and O–H groups in total. The van der Waals surface area contributed by atoms with E-state index in [0.29, 0.717) is 12.8 Å². The molecule has 2 rings (SSSR count). The number of amides is 2. The van der Waals surface area contributed by atoms with Gasteiger partial charge in [-0.1, -0.05) is 19.1 Å². The van der Waals surface area contributed by atoms with Crippen molar-refractivity contribution in [2.24, 2.45) is 11.7 Å². The van der Waals surface area contributed by atoms with Gasteiger partial charge in [0.1, 0.15) is 5.82 Å². The summed E-state index contributed by atoms with van der Waals surface area (Å²) >= 11 is 0. The fourth-order valence-corrected chi connectivity index (χ4v) is 2.84. The van der Waals surface area contributed by atoms with Crippen molar-refractivity contribution in [1.29, 1.82) is 0 Å². The van der Waals surface area contributed by atoms with Crippen LogP contribution in [0.25, 0.3) is 0 Å². The smallest absolute Gasteiger partial charge is 0.220 e. The molecule has 5 heteroatoms. The van der Waals surface area contributed by atoms with Gasteiger partial charge in [0.05, 0.1) is 0 Å². The molecule has 0 spiro atoms. The lowest BCUT2D eigenvalue weighted by Gasteiger charge is -2.16. The molecule has 1 aromatic rings. The van der Waals surface area contributed by atoms with Crippen LogP contribution in [0.2, 0.25) is 0 Å². The Hall–Kier alpha value is -1.91. The van der Waals surface area contributed by atoms with Gasteiger partial charge in [-0.2, -0.15) is 0 Å². The highest BCUT2D eigenvalue weighted by Gasteiger charge is 2.29. The van der Waals surface area contributed by atoms with Crippen LogP contribution >= 0.6 is 0 Å². The van der Waals surface area contributed by atoms with Crippen LogP contribution in [-0.2, 0) is 9.59 Å². The van der Waals surface area contributed by atoms with E-state index in [-0.39, 0.29) is 35.5 Å². The van der Waals surface area contributed by atoms with E-state index in [4.69, 9.17) is 5.73 Å². The van der Waals surface area contributed by atoms with Crippen LogP contribution in [0.3, 0.4) is 0 Å². The standard InChI is InChI=1S/C16H21FN2O2/c1-10(11-2-5-13(17)6-3-11)8-15(20)19-14-7-4-12(9-14)16(18)21/h2-3,5-6,10,12,14H,4,7-9H2,1H3,(H2,18,21)(H,19,20)/t10?,12-,14+/m0/s1. The van der Waals surface area contributed by atoms with Crippen LogP contribution in [0.5, 0.6) is 0 Å². The first-order valence-electron chi connectivity index (χ1n) is 7.30. The van der Waals surface area contributed by atoms with Crippen LogP contribution < -0.4 is 11.1 Å². The van der Waals surface area contributed by atoms with Gasteiger partial charge in [-0.3, -0.25) is 9.59 Å². The molecule has 0 radical (unpaired) electrons. The van der Waals surface area contributed by atoms with E-state index in [1.54, 1.807) is 12.1 Å². The van der Waals surface area contributed by atoms with Crippen molar-refractivity contribution in [2.45, 2.75) is 44.6 Å². The number of carbonyl (C=O) groups is 2. The summed E-state index contributed by atoms with van der Waals surface area (Å²) in [6.07, 6.45) is 2.52. The third-order valence-corrected chi connectivity index (χ3v) is 4.13. The fraction of sp³-hybridized carbons (Fsp3) is 0.500. The Morgan fingerprint density at radius 2 is 2.00 bits per heavy atom. The molecule has 1 aliphatic carbocycles. The molecule has 114 valence electrons. The first-order valence-corrected chi connectivity index (χ1v) is 7.30. The Balaban J connectivity index is 1.82. The van der Waals surface area contributed by atoms with Crippen molar-refractivity contribution < 1.29 is 14.0 Å². The van der Waals surface area contributed by atoms with Gasteiger partial charge in [0, 0.05) is 18.4 Å². The SMILES string of the molecule is CC(CC(=O)N[C@@H]1CC[C@H](C(N)=O)C1)c1ccc(F)cc1. The quantitative estimate of drug-likeness (QED) is 0.872. The monoisotopic (exact) mass is 292 g/mol.